The summed E-state index contributed by atoms with van der Waals surface area (Å²) in [5, 5.41) is 13.7. The molecular weight excluding hydrogens is 280 g/mol. The van der Waals surface area contributed by atoms with Crippen molar-refractivity contribution in [2.24, 2.45) is 0 Å². The Morgan fingerprint density at radius 1 is 1.14 bits per heavy atom. The Labute approximate surface area is 129 Å². The lowest BCUT2D eigenvalue weighted by Gasteiger charge is -2.12. The van der Waals surface area contributed by atoms with Gasteiger partial charge in [-0.2, -0.15) is 0 Å². The lowest BCUT2D eigenvalue weighted by molar-refractivity contribution is -0.385. The molecule has 5 heteroatoms. The van der Waals surface area contributed by atoms with Crippen LogP contribution in [0.1, 0.15) is 30.4 Å². The zero-order valence-electron chi connectivity index (χ0n) is 12.4. The van der Waals surface area contributed by atoms with Gasteiger partial charge in [0, 0.05) is 24.6 Å². The third-order valence-corrected chi connectivity index (χ3v) is 3.52. The Kier molecular flexibility index (Phi) is 5.25. The van der Waals surface area contributed by atoms with Gasteiger partial charge in [0.2, 0.25) is 5.91 Å². The number of carbonyl (C=O) groups is 1. The van der Waals surface area contributed by atoms with Crippen LogP contribution in [0.5, 0.6) is 0 Å². The molecule has 0 fully saturated rings. The molecule has 2 rings (SSSR count). The predicted octanol–water partition coefficient (Wildman–Crippen LogP) is 3.40. The number of nitrogens with zero attached hydrogens (tertiary/aromatic N) is 1. The topological polar surface area (TPSA) is 72.2 Å². The van der Waals surface area contributed by atoms with Gasteiger partial charge in [-0.1, -0.05) is 55.5 Å². The summed E-state index contributed by atoms with van der Waals surface area (Å²) >= 11 is 0. The molecule has 0 aromatic heterocycles. The second-order valence-corrected chi connectivity index (χ2v) is 5.18. The lowest BCUT2D eigenvalue weighted by atomic mass is 9.97. The Bertz CT molecular complexity index is 656. The van der Waals surface area contributed by atoms with Gasteiger partial charge in [-0.15, -0.1) is 0 Å². The van der Waals surface area contributed by atoms with Crippen molar-refractivity contribution < 1.29 is 9.72 Å². The van der Waals surface area contributed by atoms with Gasteiger partial charge in [-0.05, 0) is 11.5 Å². The monoisotopic (exact) mass is 298 g/mol. The highest BCUT2D eigenvalue weighted by Gasteiger charge is 2.14. The van der Waals surface area contributed by atoms with Crippen molar-refractivity contribution in [2.45, 2.75) is 25.8 Å². The Morgan fingerprint density at radius 3 is 2.45 bits per heavy atom. The molecule has 0 heterocycles. The van der Waals surface area contributed by atoms with E-state index in [1.807, 2.05) is 37.3 Å². The largest absolute Gasteiger partial charge is 0.352 e. The van der Waals surface area contributed by atoms with Crippen LogP contribution in [0, 0.1) is 10.1 Å². The van der Waals surface area contributed by atoms with Crippen molar-refractivity contribution in [2.75, 3.05) is 0 Å². The fourth-order valence-corrected chi connectivity index (χ4v) is 2.28. The summed E-state index contributed by atoms with van der Waals surface area (Å²) in [6.45, 7) is 2.15. The molecule has 1 N–H and O–H groups in total. The van der Waals surface area contributed by atoms with Crippen molar-refractivity contribution in [1.82, 2.24) is 5.32 Å². The van der Waals surface area contributed by atoms with Gasteiger partial charge in [-0.25, -0.2) is 0 Å². The first-order valence-electron chi connectivity index (χ1n) is 7.12. The number of amides is 1. The highest BCUT2D eigenvalue weighted by molar-refractivity contribution is 5.77. The molecule has 0 aliphatic rings. The van der Waals surface area contributed by atoms with Gasteiger partial charge >= 0.3 is 0 Å². The fourth-order valence-electron chi connectivity index (χ4n) is 2.28. The van der Waals surface area contributed by atoms with Crippen LogP contribution in [0.2, 0.25) is 0 Å². The quantitative estimate of drug-likeness (QED) is 0.656. The maximum Gasteiger partial charge on any atom is 0.274 e. The maximum absolute atomic E-state index is 12.0. The Balaban J connectivity index is 1.92. The van der Waals surface area contributed by atoms with E-state index >= 15 is 0 Å². The molecule has 22 heavy (non-hydrogen) atoms. The average Bonchev–Trinajstić information content (AvgIpc) is 2.54. The molecule has 0 bridgehead atoms. The SMILES string of the molecule is CC(CC(=O)NCc1ccccc1[N+](=O)[O-])c1ccccc1. The molecule has 0 radical (unpaired) electrons. The third-order valence-electron chi connectivity index (χ3n) is 3.52. The van der Waals surface area contributed by atoms with E-state index in [0.29, 0.717) is 12.0 Å². The number of benzene rings is 2. The van der Waals surface area contributed by atoms with Crippen LogP contribution in [-0.2, 0) is 11.3 Å². The second-order valence-electron chi connectivity index (χ2n) is 5.18. The zero-order chi connectivity index (χ0) is 15.9. The van der Waals surface area contributed by atoms with Crippen LogP contribution in [0.25, 0.3) is 0 Å². The van der Waals surface area contributed by atoms with E-state index in [4.69, 9.17) is 0 Å². The van der Waals surface area contributed by atoms with Gasteiger partial charge in [0.25, 0.3) is 5.69 Å². The van der Waals surface area contributed by atoms with Crippen molar-refractivity contribution >= 4 is 11.6 Å². The van der Waals surface area contributed by atoms with Gasteiger partial charge < -0.3 is 5.32 Å². The van der Waals surface area contributed by atoms with Crippen LogP contribution in [0.4, 0.5) is 5.69 Å². The van der Waals surface area contributed by atoms with Crippen molar-refractivity contribution in [3.05, 3.63) is 75.8 Å². The van der Waals surface area contributed by atoms with Gasteiger partial charge in [0.05, 0.1) is 4.92 Å². The number of nitro groups is 1. The molecule has 0 aliphatic heterocycles. The molecule has 1 amide bonds. The van der Waals surface area contributed by atoms with Gasteiger partial charge in [0.1, 0.15) is 0 Å². The van der Waals surface area contributed by atoms with Crippen LogP contribution < -0.4 is 5.32 Å². The minimum atomic E-state index is -0.436. The zero-order valence-corrected chi connectivity index (χ0v) is 12.4. The van der Waals surface area contributed by atoms with E-state index in [0.717, 1.165) is 5.56 Å². The smallest absolute Gasteiger partial charge is 0.274 e. The summed E-state index contributed by atoms with van der Waals surface area (Å²) in [7, 11) is 0. The number of nitro benzene ring substituents is 1. The maximum atomic E-state index is 12.0. The van der Waals surface area contributed by atoms with Crippen LogP contribution in [0.3, 0.4) is 0 Å². The van der Waals surface area contributed by atoms with Crippen LogP contribution in [-0.4, -0.2) is 10.8 Å². The summed E-state index contributed by atoms with van der Waals surface area (Å²) in [6, 6.07) is 16.2. The molecule has 0 saturated carbocycles. The molecule has 114 valence electrons. The molecular formula is C17H18N2O3. The highest BCUT2D eigenvalue weighted by atomic mass is 16.6. The first kappa shape index (κ1) is 15.7. The van der Waals surface area contributed by atoms with E-state index < -0.39 is 4.92 Å². The third kappa shape index (κ3) is 4.15. The Morgan fingerprint density at radius 2 is 1.77 bits per heavy atom. The number of rotatable bonds is 6. The molecule has 0 spiro atoms. The normalized spacial score (nSPS) is 11.7. The van der Waals surface area contributed by atoms with Crippen molar-refractivity contribution in [1.29, 1.82) is 0 Å². The number of para-hydroxylation sites is 1. The minimum absolute atomic E-state index is 0.0268. The average molecular weight is 298 g/mol. The Hall–Kier alpha value is -2.69. The number of hydrogen-bond acceptors (Lipinski definition) is 3. The second kappa shape index (κ2) is 7.36. The predicted molar refractivity (Wildman–Crippen MR) is 84.4 cm³/mol. The van der Waals surface area contributed by atoms with Gasteiger partial charge in [-0.3, -0.25) is 14.9 Å². The van der Waals surface area contributed by atoms with Crippen LogP contribution in [0.15, 0.2) is 54.6 Å². The first-order chi connectivity index (χ1) is 10.6. The fraction of sp³-hybridized carbons (Fsp3) is 0.235. The summed E-state index contributed by atoms with van der Waals surface area (Å²) in [6.07, 6.45) is 0.352. The molecule has 2 aromatic rings. The van der Waals surface area contributed by atoms with Crippen molar-refractivity contribution in [3.8, 4) is 0 Å². The summed E-state index contributed by atoms with van der Waals surface area (Å²) in [5.41, 5.74) is 1.63. The number of carbonyl (C=O) groups excluding carboxylic acids is 1. The molecule has 0 saturated heterocycles. The first-order valence-corrected chi connectivity index (χ1v) is 7.12. The molecule has 2 aromatic carbocycles. The van der Waals surface area contributed by atoms with E-state index in [9.17, 15) is 14.9 Å². The van der Waals surface area contributed by atoms with E-state index in [1.165, 1.54) is 6.07 Å². The number of hydrogen-bond donors (Lipinski definition) is 1. The van der Waals surface area contributed by atoms with Crippen LogP contribution >= 0.6 is 0 Å². The summed E-state index contributed by atoms with van der Waals surface area (Å²) in [5.74, 6) is -0.0125. The summed E-state index contributed by atoms with van der Waals surface area (Å²) < 4.78 is 0. The van der Waals surface area contributed by atoms with E-state index in [2.05, 4.69) is 5.32 Å². The van der Waals surface area contributed by atoms with Gasteiger partial charge in [0.15, 0.2) is 0 Å². The van der Waals surface area contributed by atoms with Crippen molar-refractivity contribution in [3.63, 3.8) is 0 Å². The minimum Gasteiger partial charge on any atom is -0.352 e. The standard InChI is InChI=1S/C17H18N2O3/c1-13(14-7-3-2-4-8-14)11-17(20)18-12-15-9-5-6-10-16(15)19(21)22/h2-10,13H,11-12H2,1H3,(H,18,20). The lowest BCUT2D eigenvalue weighted by Crippen LogP contribution is -2.24. The molecule has 5 nitrogen and oxygen atoms in total. The van der Waals surface area contributed by atoms with E-state index in [-0.39, 0.29) is 24.1 Å². The number of nitrogens with one attached hydrogen (secondary N) is 1. The molecule has 1 unspecified atom stereocenters. The highest BCUT2D eigenvalue weighted by Crippen LogP contribution is 2.19. The molecule has 0 aliphatic carbocycles. The molecule has 1 atom stereocenters. The van der Waals surface area contributed by atoms with E-state index in [1.54, 1.807) is 18.2 Å². The summed E-state index contributed by atoms with van der Waals surface area (Å²) in [4.78, 5) is 22.5.